The summed E-state index contributed by atoms with van der Waals surface area (Å²) in [5.74, 6) is 0. The zero-order valence-electron chi connectivity index (χ0n) is 11.5. The van der Waals surface area contributed by atoms with Crippen molar-refractivity contribution >= 4 is 44.8 Å². The van der Waals surface area contributed by atoms with Gasteiger partial charge in [-0.05, 0) is 41.8 Å². The van der Waals surface area contributed by atoms with E-state index in [2.05, 4.69) is 86.1 Å². The Kier molecular flexibility index (Phi) is 2.96. The summed E-state index contributed by atoms with van der Waals surface area (Å²) in [7, 11) is 0. The first kappa shape index (κ1) is 12.8. The Morgan fingerprint density at radius 2 is 1.71 bits per heavy atom. The number of pyridine rings is 1. The van der Waals surface area contributed by atoms with Gasteiger partial charge in [0.1, 0.15) is 5.65 Å². The molecule has 2 nitrogen and oxygen atoms in total. The van der Waals surface area contributed by atoms with Crippen molar-refractivity contribution < 1.29 is 0 Å². The molecule has 4 rings (SSSR count). The normalized spacial score (nSPS) is 11.3. The van der Waals surface area contributed by atoms with Crippen LogP contribution in [0.1, 0.15) is 5.56 Å². The van der Waals surface area contributed by atoms with Crippen LogP contribution in [0.15, 0.2) is 60.8 Å². The van der Waals surface area contributed by atoms with Crippen molar-refractivity contribution in [2.45, 2.75) is 6.92 Å². The summed E-state index contributed by atoms with van der Waals surface area (Å²) in [6.07, 6.45) is 1.93. The van der Waals surface area contributed by atoms with Crippen molar-refractivity contribution in [2.24, 2.45) is 0 Å². The minimum Gasteiger partial charge on any atom is -0.266 e. The molecule has 0 N–H and O–H groups in total. The largest absolute Gasteiger partial charge is 0.266 e. The summed E-state index contributed by atoms with van der Waals surface area (Å²) in [5.41, 5.74) is 5.92. The molecule has 21 heavy (non-hydrogen) atoms. The van der Waals surface area contributed by atoms with Crippen molar-refractivity contribution in [2.75, 3.05) is 0 Å². The number of benzene rings is 2. The highest BCUT2D eigenvalue weighted by atomic mass is 127. The average Bonchev–Trinajstić information content (AvgIpc) is 2.80. The lowest BCUT2D eigenvalue weighted by Gasteiger charge is -2.02. The van der Waals surface area contributed by atoms with Crippen molar-refractivity contribution in [3.8, 4) is 11.1 Å². The fraction of sp³-hybridized carbons (Fsp3) is 0.0556. The number of hydrogen-bond acceptors (Lipinski definition) is 1. The average molecular weight is 384 g/mol. The number of aryl methyl sites for hydroxylation is 1. The minimum atomic E-state index is 1.03. The lowest BCUT2D eigenvalue weighted by Crippen LogP contribution is -1.82. The first-order valence-electron chi connectivity index (χ1n) is 6.86. The Labute approximate surface area is 136 Å². The molecular weight excluding hydrogens is 371 g/mol. The maximum Gasteiger partial charge on any atom is 0.149 e. The van der Waals surface area contributed by atoms with Crippen molar-refractivity contribution in [1.29, 1.82) is 0 Å². The van der Waals surface area contributed by atoms with Crippen LogP contribution in [0.3, 0.4) is 0 Å². The fourth-order valence-corrected chi connectivity index (χ4v) is 3.57. The summed E-state index contributed by atoms with van der Waals surface area (Å²) < 4.78 is 2.14. The molecule has 2 aromatic heterocycles. The Hall–Kier alpha value is -1.88. The van der Waals surface area contributed by atoms with Gasteiger partial charge in [0.15, 0.2) is 0 Å². The van der Waals surface area contributed by atoms with Crippen LogP contribution in [-0.2, 0) is 0 Å². The van der Waals surface area contributed by atoms with Gasteiger partial charge < -0.3 is 0 Å². The lowest BCUT2D eigenvalue weighted by molar-refractivity contribution is 1.29. The van der Waals surface area contributed by atoms with Crippen LogP contribution in [-0.4, -0.2) is 7.76 Å². The van der Waals surface area contributed by atoms with Gasteiger partial charge in [0, 0.05) is 17.0 Å². The summed E-state index contributed by atoms with van der Waals surface area (Å²) in [5, 5.41) is 2.48. The molecule has 0 bridgehead atoms. The smallest absolute Gasteiger partial charge is 0.149 e. The van der Waals surface area contributed by atoms with Gasteiger partial charge in [-0.1, -0.05) is 36.4 Å². The van der Waals surface area contributed by atoms with E-state index in [1.165, 1.54) is 33.0 Å². The van der Waals surface area contributed by atoms with Crippen LogP contribution in [0, 0.1) is 6.92 Å². The predicted octanol–water partition coefficient (Wildman–Crippen LogP) is 5.36. The molecule has 0 spiro atoms. The monoisotopic (exact) mass is 384 g/mol. The summed E-state index contributed by atoms with van der Waals surface area (Å²) in [6.45, 7) is 2.09. The number of fused-ring (bicyclic) bond motifs is 3. The fourth-order valence-electron chi connectivity index (χ4n) is 2.76. The van der Waals surface area contributed by atoms with E-state index in [0.717, 1.165) is 5.65 Å². The van der Waals surface area contributed by atoms with Gasteiger partial charge in [0.2, 0.25) is 0 Å². The zero-order valence-corrected chi connectivity index (χ0v) is 13.7. The molecule has 3 heteroatoms. The van der Waals surface area contributed by atoms with Gasteiger partial charge in [-0.3, -0.25) is 2.78 Å². The number of rotatable bonds is 1. The second kappa shape index (κ2) is 4.84. The third-order valence-electron chi connectivity index (χ3n) is 3.79. The predicted molar refractivity (Wildman–Crippen MR) is 96.8 cm³/mol. The molecular formula is C18H13IN2. The van der Waals surface area contributed by atoms with E-state index in [1.807, 2.05) is 12.3 Å². The van der Waals surface area contributed by atoms with Crippen LogP contribution in [0.5, 0.6) is 0 Å². The van der Waals surface area contributed by atoms with Gasteiger partial charge in [-0.15, -0.1) is 0 Å². The van der Waals surface area contributed by atoms with E-state index < -0.39 is 0 Å². The molecule has 2 aromatic carbocycles. The van der Waals surface area contributed by atoms with Crippen LogP contribution in [0.4, 0.5) is 0 Å². The Bertz CT molecular complexity index is 955. The molecule has 102 valence electrons. The molecule has 0 aliphatic heterocycles. The second-order valence-electron chi connectivity index (χ2n) is 5.26. The van der Waals surface area contributed by atoms with Crippen molar-refractivity contribution in [1.82, 2.24) is 7.76 Å². The van der Waals surface area contributed by atoms with E-state index in [4.69, 9.17) is 0 Å². The molecule has 0 amide bonds. The van der Waals surface area contributed by atoms with Gasteiger partial charge in [0.05, 0.1) is 28.4 Å². The minimum absolute atomic E-state index is 1.03. The van der Waals surface area contributed by atoms with Gasteiger partial charge >= 0.3 is 0 Å². The van der Waals surface area contributed by atoms with Crippen LogP contribution < -0.4 is 0 Å². The molecule has 2 heterocycles. The molecule has 0 saturated heterocycles. The molecule has 0 aliphatic carbocycles. The standard InChI is InChI=1S/C18H13IN2/c1-12-9-16-15-10-14(13-5-3-2-4-6-13)7-8-17(15)21(19)18(16)20-11-12/h2-11H,1H3. The van der Waals surface area contributed by atoms with Gasteiger partial charge in [0.25, 0.3) is 0 Å². The van der Waals surface area contributed by atoms with Crippen LogP contribution in [0.25, 0.3) is 33.1 Å². The molecule has 0 saturated carbocycles. The molecule has 4 aromatic rings. The highest BCUT2D eigenvalue weighted by molar-refractivity contribution is 14.1. The van der Waals surface area contributed by atoms with E-state index in [0.29, 0.717) is 0 Å². The van der Waals surface area contributed by atoms with E-state index >= 15 is 0 Å². The van der Waals surface area contributed by atoms with Crippen LogP contribution >= 0.6 is 22.9 Å². The quantitative estimate of drug-likeness (QED) is 0.404. The van der Waals surface area contributed by atoms with Gasteiger partial charge in [-0.25, -0.2) is 4.98 Å². The van der Waals surface area contributed by atoms with Crippen LogP contribution in [0.2, 0.25) is 0 Å². The molecule has 0 atom stereocenters. The highest BCUT2D eigenvalue weighted by Crippen LogP contribution is 2.33. The summed E-state index contributed by atoms with van der Waals surface area (Å²) in [6, 6.07) is 19.3. The highest BCUT2D eigenvalue weighted by Gasteiger charge is 2.11. The topological polar surface area (TPSA) is 17.8 Å². The first-order valence-corrected chi connectivity index (χ1v) is 7.83. The second-order valence-corrected chi connectivity index (χ2v) is 6.23. The third-order valence-corrected chi connectivity index (χ3v) is 4.77. The number of aromatic nitrogens is 2. The maximum atomic E-state index is 4.58. The lowest BCUT2D eigenvalue weighted by atomic mass is 10.0. The Morgan fingerprint density at radius 1 is 0.905 bits per heavy atom. The number of nitrogens with zero attached hydrogens (tertiary/aromatic N) is 2. The van der Waals surface area contributed by atoms with E-state index in [-0.39, 0.29) is 0 Å². The number of halogens is 1. The van der Waals surface area contributed by atoms with Crippen molar-refractivity contribution in [3.63, 3.8) is 0 Å². The summed E-state index contributed by atoms with van der Waals surface area (Å²) in [4.78, 5) is 4.58. The summed E-state index contributed by atoms with van der Waals surface area (Å²) >= 11 is 2.32. The molecule has 0 radical (unpaired) electrons. The van der Waals surface area contributed by atoms with Gasteiger partial charge in [-0.2, -0.15) is 0 Å². The van der Waals surface area contributed by atoms with Crippen molar-refractivity contribution in [3.05, 3.63) is 66.4 Å². The number of hydrogen-bond donors (Lipinski definition) is 0. The Balaban J connectivity index is 2.07. The SMILES string of the molecule is Cc1cnc2c(c1)c1cc(-c3ccccc3)ccc1n2I. The molecule has 0 fully saturated rings. The Morgan fingerprint density at radius 3 is 2.52 bits per heavy atom. The molecule has 0 unspecified atom stereocenters. The zero-order chi connectivity index (χ0) is 14.4. The first-order chi connectivity index (χ1) is 10.2. The van der Waals surface area contributed by atoms with E-state index in [1.54, 1.807) is 0 Å². The third kappa shape index (κ3) is 2.03. The van der Waals surface area contributed by atoms with E-state index in [9.17, 15) is 0 Å². The molecule has 0 aliphatic rings. The maximum absolute atomic E-state index is 4.58.